The number of benzene rings is 1. The molecule has 0 bridgehead atoms. The van der Waals surface area contributed by atoms with E-state index in [0.29, 0.717) is 6.42 Å². The fourth-order valence-electron chi connectivity index (χ4n) is 2.73. The van der Waals surface area contributed by atoms with E-state index in [2.05, 4.69) is 0 Å². The molecular weight excluding hydrogens is 336 g/mol. The molecule has 6 heteroatoms. The van der Waals surface area contributed by atoms with Gasteiger partial charge in [0, 0.05) is 0 Å². The van der Waals surface area contributed by atoms with Gasteiger partial charge in [-0.1, -0.05) is 44.2 Å². The lowest BCUT2D eigenvalue weighted by molar-refractivity contribution is -0.176. The zero-order chi connectivity index (χ0) is 19.3. The molecular formula is C20H26O6. The number of cyclic esters (lactones) is 2. The molecule has 0 saturated carbocycles. The second-order valence-corrected chi connectivity index (χ2v) is 7.03. The number of carbonyl (C=O) groups is 3. The van der Waals surface area contributed by atoms with Crippen molar-refractivity contribution in [2.45, 2.75) is 46.3 Å². The van der Waals surface area contributed by atoms with E-state index in [9.17, 15) is 14.4 Å². The van der Waals surface area contributed by atoms with Gasteiger partial charge in [-0.25, -0.2) is 0 Å². The summed E-state index contributed by atoms with van der Waals surface area (Å²) in [6.07, 6.45) is -1.34. The maximum absolute atomic E-state index is 12.7. The van der Waals surface area contributed by atoms with Crippen LogP contribution in [0.15, 0.2) is 30.3 Å². The molecule has 6 nitrogen and oxygen atoms in total. The van der Waals surface area contributed by atoms with Crippen LogP contribution in [0.1, 0.15) is 33.3 Å². The molecule has 1 aliphatic heterocycles. The summed E-state index contributed by atoms with van der Waals surface area (Å²) < 4.78 is 16.3. The monoisotopic (exact) mass is 362 g/mol. The van der Waals surface area contributed by atoms with E-state index < -0.39 is 42.0 Å². The number of esters is 3. The first-order valence-corrected chi connectivity index (χ1v) is 8.91. The molecule has 0 N–H and O–H groups in total. The maximum atomic E-state index is 12.7. The number of rotatable bonds is 4. The van der Waals surface area contributed by atoms with Gasteiger partial charge in [-0.15, -0.1) is 0 Å². The Bertz CT molecular complexity index is 639. The van der Waals surface area contributed by atoms with Crippen LogP contribution in [-0.2, 0) is 35.0 Å². The molecule has 0 spiro atoms. The van der Waals surface area contributed by atoms with Crippen molar-refractivity contribution in [1.82, 2.24) is 0 Å². The van der Waals surface area contributed by atoms with E-state index in [1.54, 1.807) is 27.7 Å². The molecule has 0 aromatic heterocycles. The van der Waals surface area contributed by atoms with Crippen molar-refractivity contribution in [2.75, 3.05) is 6.61 Å². The van der Waals surface area contributed by atoms with Gasteiger partial charge in [0.25, 0.3) is 0 Å². The van der Waals surface area contributed by atoms with Crippen LogP contribution < -0.4 is 0 Å². The molecule has 1 saturated heterocycles. The Kier molecular flexibility index (Phi) is 6.77. The minimum Gasteiger partial charge on any atom is -0.464 e. The lowest BCUT2D eigenvalue weighted by Crippen LogP contribution is -2.43. The zero-order valence-electron chi connectivity index (χ0n) is 15.6. The van der Waals surface area contributed by atoms with Crippen LogP contribution in [0.2, 0.25) is 0 Å². The summed E-state index contributed by atoms with van der Waals surface area (Å²) >= 11 is 0. The third-order valence-electron chi connectivity index (χ3n) is 4.36. The van der Waals surface area contributed by atoms with Gasteiger partial charge in [-0.3, -0.25) is 14.4 Å². The Morgan fingerprint density at radius 2 is 1.81 bits per heavy atom. The smallest absolute Gasteiger partial charge is 0.313 e. The molecule has 142 valence electrons. The maximum Gasteiger partial charge on any atom is 0.313 e. The number of ether oxygens (including phenoxy) is 3. The Morgan fingerprint density at radius 1 is 1.15 bits per heavy atom. The summed E-state index contributed by atoms with van der Waals surface area (Å²) in [5.74, 6) is -3.11. The Balaban J connectivity index is 2.34. The lowest BCUT2D eigenvalue weighted by Gasteiger charge is -2.29. The van der Waals surface area contributed by atoms with Crippen LogP contribution in [0.5, 0.6) is 0 Å². The van der Waals surface area contributed by atoms with Crippen molar-refractivity contribution < 1.29 is 28.6 Å². The summed E-state index contributed by atoms with van der Waals surface area (Å²) in [7, 11) is 0. The molecule has 0 radical (unpaired) electrons. The highest BCUT2D eigenvalue weighted by molar-refractivity contribution is 5.78. The largest absolute Gasteiger partial charge is 0.464 e. The number of carbonyl (C=O) groups excluding carboxylic acids is 3. The first-order valence-electron chi connectivity index (χ1n) is 8.91. The lowest BCUT2D eigenvalue weighted by atomic mass is 9.91. The van der Waals surface area contributed by atoms with Crippen LogP contribution in [0.4, 0.5) is 0 Å². The topological polar surface area (TPSA) is 78.9 Å². The van der Waals surface area contributed by atoms with Crippen molar-refractivity contribution in [3.63, 3.8) is 0 Å². The van der Waals surface area contributed by atoms with Crippen LogP contribution >= 0.6 is 0 Å². The third kappa shape index (κ3) is 5.07. The zero-order valence-corrected chi connectivity index (χ0v) is 15.6. The van der Waals surface area contributed by atoms with Gasteiger partial charge < -0.3 is 14.2 Å². The highest BCUT2D eigenvalue weighted by Gasteiger charge is 2.41. The normalized spacial score (nSPS) is 27.0. The average Bonchev–Trinajstić information content (AvgIpc) is 2.64. The van der Waals surface area contributed by atoms with Gasteiger partial charge in [-0.05, 0) is 25.8 Å². The molecule has 0 amide bonds. The first kappa shape index (κ1) is 19.9. The molecule has 1 unspecified atom stereocenters. The number of hydrogen-bond donors (Lipinski definition) is 0. The highest BCUT2D eigenvalue weighted by Crippen LogP contribution is 2.25. The predicted octanol–water partition coefficient (Wildman–Crippen LogP) is 2.54. The molecule has 26 heavy (non-hydrogen) atoms. The van der Waals surface area contributed by atoms with Gasteiger partial charge in [0.05, 0.1) is 11.8 Å². The highest BCUT2D eigenvalue weighted by atomic mass is 16.6. The first-order chi connectivity index (χ1) is 12.3. The molecule has 1 aromatic carbocycles. The second-order valence-electron chi connectivity index (χ2n) is 7.03. The molecule has 2 rings (SSSR count). The fraction of sp³-hybridized carbons (Fsp3) is 0.550. The van der Waals surface area contributed by atoms with E-state index in [-0.39, 0.29) is 12.5 Å². The van der Waals surface area contributed by atoms with Gasteiger partial charge in [0.15, 0.2) is 6.10 Å². The van der Waals surface area contributed by atoms with Crippen LogP contribution in [0, 0.1) is 17.8 Å². The number of hydrogen-bond acceptors (Lipinski definition) is 6. The van der Waals surface area contributed by atoms with Crippen molar-refractivity contribution in [3.05, 3.63) is 35.9 Å². The minimum atomic E-state index is -0.910. The van der Waals surface area contributed by atoms with Crippen molar-refractivity contribution >= 4 is 17.9 Å². The quantitative estimate of drug-likeness (QED) is 0.605. The minimum absolute atomic E-state index is 0.0550. The van der Waals surface area contributed by atoms with E-state index in [4.69, 9.17) is 14.2 Å². The predicted molar refractivity (Wildman–Crippen MR) is 94.0 cm³/mol. The van der Waals surface area contributed by atoms with Gasteiger partial charge in [-0.2, -0.15) is 0 Å². The second kappa shape index (κ2) is 8.83. The molecule has 1 heterocycles. The van der Waals surface area contributed by atoms with Crippen LogP contribution in [-0.4, -0.2) is 36.7 Å². The summed E-state index contributed by atoms with van der Waals surface area (Å²) in [6.45, 7) is 6.64. The van der Waals surface area contributed by atoms with Gasteiger partial charge in [0.1, 0.15) is 18.6 Å². The van der Waals surface area contributed by atoms with Crippen LogP contribution in [0.25, 0.3) is 0 Å². The average molecular weight is 362 g/mol. The molecule has 1 fully saturated rings. The summed E-state index contributed by atoms with van der Waals surface area (Å²) in [5, 5.41) is 0. The van der Waals surface area contributed by atoms with E-state index in [1.165, 1.54) is 0 Å². The standard InChI is InChI=1S/C20H26O6/c1-12(2)18(21)26-17-14(4)25-19(22)13(3)11-24-20(23)16(17)10-15-8-6-5-7-9-15/h5-9,12-14,16-17H,10-11H2,1-4H3/t13?,14-,16+,17-/m0/s1. The SMILES string of the molecule is CC(C)C(=O)O[C@H]1[C@H](C)OC(=O)C(C)COC(=O)[C@@H]1Cc1ccccc1. The molecule has 4 atom stereocenters. The van der Waals surface area contributed by atoms with Gasteiger partial charge >= 0.3 is 17.9 Å². The Morgan fingerprint density at radius 3 is 2.42 bits per heavy atom. The summed E-state index contributed by atoms with van der Waals surface area (Å²) in [4.78, 5) is 37.0. The van der Waals surface area contributed by atoms with Crippen molar-refractivity contribution in [3.8, 4) is 0 Å². The third-order valence-corrected chi connectivity index (χ3v) is 4.36. The Labute approximate surface area is 153 Å². The summed E-state index contributed by atoms with van der Waals surface area (Å²) in [5.41, 5.74) is 0.908. The van der Waals surface area contributed by atoms with Crippen LogP contribution in [0.3, 0.4) is 0 Å². The Hall–Kier alpha value is -2.37. The summed E-state index contributed by atoms with van der Waals surface area (Å²) in [6, 6.07) is 9.40. The van der Waals surface area contributed by atoms with Gasteiger partial charge in [0.2, 0.25) is 0 Å². The molecule has 1 aromatic rings. The van der Waals surface area contributed by atoms with E-state index in [1.807, 2.05) is 30.3 Å². The van der Waals surface area contributed by atoms with E-state index >= 15 is 0 Å². The van der Waals surface area contributed by atoms with Crippen molar-refractivity contribution in [1.29, 1.82) is 0 Å². The van der Waals surface area contributed by atoms with E-state index in [0.717, 1.165) is 5.56 Å². The molecule has 0 aliphatic carbocycles. The molecule has 1 aliphatic rings. The fourth-order valence-corrected chi connectivity index (χ4v) is 2.73. The van der Waals surface area contributed by atoms with Crippen molar-refractivity contribution in [2.24, 2.45) is 17.8 Å².